The zero-order valence-electron chi connectivity index (χ0n) is 8.68. The predicted molar refractivity (Wildman–Crippen MR) is 74.5 cm³/mol. The Labute approximate surface area is 117 Å². The molecule has 2 aromatic carbocycles. The number of alkyl halides is 1. The molecule has 88 valence electrons. The van der Waals surface area contributed by atoms with Crippen LogP contribution in [0.4, 0.5) is 4.39 Å². The van der Waals surface area contributed by atoms with Gasteiger partial charge in [0.15, 0.2) is 0 Å². The Morgan fingerprint density at radius 2 is 1.71 bits per heavy atom. The van der Waals surface area contributed by atoms with Crippen molar-refractivity contribution >= 4 is 39.1 Å². The van der Waals surface area contributed by atoms with Gasteiger partial charge in [-0.1, -0.05) is 45.2 Å². The van der Waals surface area contributed by atoms with Crippen molar-refractivity contribution in [3.63, 3.8) is 0 Å². The van der Waals surface area contributed by atoms with E-state index >= 15 is 0 Å². The molecule has 0 fully saturated rings. The second-order valence-corrected chi connectivity index (χ2v) is 4.95. The summed E-state index contributed by atoms with van der Waals surface area (Å²) in [6.07, 6.45) is 0. The predicted octanol–water partition coefficient (Wildman–Crippen LogP) is 5.69. The molecule has 0 amide bonds. The van der Waals surface area contributed by atoms with Gasteiger partial charge in [0.05, 0.1) is 0 Å². The van der Waals surface area contributed by atoms with Crippen LogP contribution in [0.1, 0.15) is 5.56 Å². The number of halogens is 4. The average Bonchev–Trinajstić information content (AvgIpc) is 2.28. The highest BCUT2D eigenvalue weighted by Gasteiger charge is 2.10. The van der Waals surface area contributed by atoms with Crippen molar-refractivity contribution in [3.05, 3.63) is 57.8 Å². The van der Waals surface area contributed by atoms with Crippen molar-refractivity contribution in [3.8, 4) is 11.1 Å². The van der Waals surface area contributed by atoms with Gasteiger partial charge in [-0.25, -0.2) is 4.39 Å². The molecule has 0 aliphatic rings. The van der Waals surface area contributed by atoms with Crippen LogP contribution in [0.25, 0.3) is 11.1 Å². The number of hydrogen-bond acceptors (Lipinski definition) is 0. The molecular formula is C13H8BrCl2F. The Morgan fingerprint density at radius 3 is 2.29 bits per heavy atom. The highest BCUT2D eigenvalue weighted by Crippen LogP contribution is 2.35. The molecule has 2 rings (SSSR count). The van der Waals surface area contributed by atoms with E-state index < -0.39 is 0 Å². The Morgan fingerprint density at radius 1 is 1.06 bits per heavy atom. The summed E-state index contributed by atoms with van der Waals surface area (Å²) in [6, 6.07) is 10.0. The largest absolute Gasteiger partial charge is 0.207 e. The van der Waals surface area contributed by atoms with Gasteiger partial charge in [-0.3, -0.25) is 0 Å². The smallest absolute Gasteiger partial charge is 0.124 e. The van der Waals surface area contributed by atoms with Gasteiger partial charge in [-0.2, -0.15) is 0 Å². The lowest BCUT2D eigenvalue weighted by Crippen LogP contribution is -1.87. The fourth-order valence-electron chi connectivity index (χ4n) is 1.65. The van der Waals surface area contributed by atoms with E-state index in [2.05, 4.69) is 15.9 Å². The third-order valence-electron chi connectivity index (χ3n) is 2.36. The van der Waals surface area contributed by atoms with E-state index in [-0.39, 0.29) is 5.82 Å². The van der Waals surface area contributed by atoms with Gasteiger partial charge in [-0.05, 0) is 41.5 Å². The summed E-state index contributed by atoms with van der Waals surface area (Å²) in [7, 11) is 0. The van der Waals surface area contributed by atoms with Crippen LogP contribution in [0.2, 0.25) is 10.0 Å². The van der Waals surface area contributed by atoms with E-state index in [1.54, 1.807) is 18.2 Å². The lowest BCUT2D eigenvalue weighted by molar-refractivity contribution is 0.627. The second kappa shape index (κ2) is 5.38. The zero-order valence-corrected chi connectivity index (χ0v) is 11.8. The van der Waals surface area contributed by atoms with Crippen LogP contribution in [0.3, 0.4) is 0 Å². The van der Waals surface area contributed by atoms with E-state index in [9.17, 15) is 4.39 Å². The molecule has 0 aromatic heterocycles. The molecule has 0 saturated heterocycles. The number of benzene rings is 2. The third kappa shape index (κ3) is 2.82. The van der Waals surface area contributed by atoms with E-state index in [1.807, 2.05) is 6.07 Å². The Hall–Kier alpha value is -0.570. The van der Waals surface area contributed by atoms with Crippen molar-refractivity contribution < 1.29 is 4.39 Å². The quantitative estimate of drug-likeness (QED) is 0.619. The van der Waals surface area contributed by atoms with E-state index in [0.29, 0.717) is 26.5 Å². The molecule has 0 nitrogen and oxygen atoms in total. The van der Waals surface area contributed by atoms with Crippen molar-refractivity contribution in [2.24, 2.45) is 0 Å². The summed E-state index contributed by atoms with van der Waals surface area (Å²) in [5, 5.41) is 1.62. The lowest BCUT2D eigenvalue weighted by Gasteiger charge is -2.08. The van der Waals surface area contributed by atoms with Crippen molar-refractivity contribution in [2.45, 2.75) is 5.33 Å². The van der Waals surface area contributed by atoms with Crippen molar-refractivity contribution in [1.29, 1.82) is 0 Å². The minimum Gasteiger partial charge on any atom is -0.207 e. The molecule has 0 bridgehead atoms. The Balaban J connectivity index is 2.64. The molecule has 0 aliphatic heterocycles. The van der Waals surface area contributed by atoms with Gasteiger partial charge in [0.1, 0.15) is 5.82 Å². The second-order valence-electron chi connectivity index (χ2n) is 3.58. The lowest BCUT2D eigenvalue weighted by atomic mass is 10.0. The van der Waals surface area contributed by atoms with E-state index in [1.165, 1.54) is 12.1 Å². The van der Waals surface area contributed by atoms with E-state index in [0.717, 1.165) is 5.56 Å². The van der Waals surface area contributed by atoms with Crippen molar-refractivity contribution in [1.82, 2.24) is 0 Å². The zero-order chi connectivity index (χ0) is 12.4. The van der Waals surface area contributed by atoms with Crippen LogP contribution in [-0.2, 0) is 5.33 Å². The summed E-state index contributed by atoms with van der Waals surface area (Å²) in [4.78, 5) is 0. The summed E-state index contributed by atoms with van der Waals surface area (Å²) in [5.74, 6) is -0.298. The van der Waals surface area contributed by atoms with Gasteiger partial charge in [-0.15, -0.1) is 0 Å². The van der Waals surface area contributed by atoms with Gasteiger partial charge >= 0.3 is 0 Å². The maximum atomic E-state index is 13.5. The molecule has 0 heterocycles. The average molecular weight is 334 g/mol. The molecule has 4 heteroatoms. The van der Waals surface area contributed by atoms with Crippen LogP contribution in [0.5, 0.6) is 0 Å². The van der Waals surface area contributed by atoms with E-state index in [4.69, 9.17) is 23.2 Å². The number of rotatable bonds is 2. The molecule has 0 spiro atoms. The normalized spacial score (nSPS) is 10.6. The fourth-order valence-corrected chi connectivity index (χ4v) is 2.58. The van der Waals surface area contributed by atoms with Crippen molar-refractivity contribution in [2.75, 3.05) is 0 Å². The summed E-state index contributed by atoms with van der Waals surface area (Å²) in [6.45, 7) is 0. The van der Waals surface area contributed by atoms with Crippen LogP contribution >= 0.6 is 39.1 Å². The monoisotopic (exact) mass is 332 g/mol. The number of hydrogen-bond donors (Lipinski definition) is 0. The van der Waals surface area contributed by atoms with Gasteiger partial charge < -0.3 is 0 Å². The maximum absolute atomic E-state index is 13.5. The molecule has 0 unspecified atom stereocenters. The summed E-state index contributed by atoms with van der Waals surface area (Å²) < 4.78 is 13.5. The first-order chi connectivity index (χ1) is 8.11. The standard InChI is InChI=1S/C13H8BrCl2F/c14-7-8-4-9(6-10(17)5-8)13-11(15)2-1-3-12(13)16/h1-6H,7H2. The molecule has 0 N–H and O–H groups in total. The molecule has 0 aliphatic carbocycles. The minimum atomic E-state index is -0.298. The van der Waals surface area contributed by atoms with Gasteiger partial charge in [0.2, 0.25) is 0 Å². The first kappa shape index (κ1) is 12.9. The maximum Gasteiger partial charge on any atom is 0.124 e. The molecule has 0 saturated carbocycles. The highest BCUT2D eigenvalue weighted by molar-refractivity contribution is 9.08. The first-order valence-electron chi connectivity index (χ1n) is 4.91. The van der Waals surface area contributed by atoms with Crippen LogP contribution < -0.4 is 0 Å². The minimum absolute atomic E-state index is 0.298. The highest BCUT2D eigenvalue weighted by atomic mass is 79.9. The van der Waals surface area contributed by atoms with Crippen LogP contribution in [-0.4, -0.2) is 0 Å². The van der Waals surface area contributed by atoms with Crippen LogP contribution in [0, 0.1) is 5.82 Å². The molecule has 17 heavy (non-hydrogen) atoms. The molecule has 0 atom stereocenters. The molecule has 2 aromatic rings. The van der Waals surface area contributed by atoms with Gasteiger partial charge in [0, 0.05) is 20.9 Å². The van der Waals surface area contributed by atoms with Gasteiger partial charge in [0.25, 0.3) is 0 Å². The Kier molecular flexibility index (Phi) is 4.08. The molecule has 0 radical (unpaired) electrons. The first-order valence-corrected chi connectivity index (χ1v) is 6.79. The third-order valence-corrected chi connectivity index (χ3v) is 3.64. The fraction of sp³-hybridized carbons (Fsp3) is 0.0769. The van der Waals surface area contributed by atoms with Crippen LogP contribution in [0.15, 0.2) is 36.4 Å². The molecular weight excluding hydrogens is 326 g/mol. The summed E-state index contributed by atoms with van der Waals surface area (Å²) in [5.41, 5.74) is 2.20. The SMILES string of the molecule is Fc1cc(CBr)cc(-c2c(Cl)cccc2Cl)c1. The summed E-state index contributed by atoms with van der Waals surface area (Å²) >= 11 is 15.5. The topological polar surface area (TPSA) is 0 Å². The Bertz CT molecular complexity index is 535.